The van der Waals surface area contributed by atoms with Gasteiger partial charge in [0.1, 0.15) is 0 Å². The minimum Gasteiger partial charge on any atom is -0.404 e. The molecule has 1 heterocycles. The maximum atomic E-state index is 6.35. The zero-order chi connectivity index (χ0) is 13.8. The first-order chi connectivity index (χ1) is 8.89. The molecule has 2 N–H and O–H groups in total. The molecule has 0 aromatic rings. The van der Waals surface area contributed by atoms with Crippen LogP contribution in [0.15, 0.2) is 0 Å². The van der Waals surface area contributed by atoms with Gasteiger partial charge in [0.25, 0.3) is 0 Å². The summed E-state index contributed by atoms with van der Waals surface area (Å²) in [6.45, 7) is 9.23. The van der Waals surface area contributed by atoms with Gasteiger partial charge in [0.15, 0.2) is 0 Å². The maximum Gasteiger partial charge on any atom is 0.475 e. The lowest BCUT2D eigenvalue weighted by Gasteiger charge is -2.64. The first-order valence-electron chi connectivity index (χ1n) is 7.98. The fourth-order valence-corrected chi connectivity index (χ4v) is 4.66. The zero-order valence-corrected chi connectivity index (χ0v) is 12.8. The monoisotopic (exact) mass is 265 g/mol. The molecule has 1 saturated heterocycles. The molecule has 0 aromatic carbocycles. The van der Waals surface area contributed by atoms with Gasteiger partial charge in [0.2, 0.25) is 0 Å². The molecular formula is C15H28BNO2. The van der Waals surface area contributed by atoms with Gasteiger partial charge in [-0.3, -0.25) is 0 Å². The Morgan fingerprint density at radius 2 is 2.05 bits per heavy atom. The van der Waals surface area contributed by atoms with E-state index in [0.29, 0.717) is 11.3 Å². The Morgan fingerprint density at radius 3 is 2.68 bits per heavy atom. The van der Waals surface area contributed by atoms with Crippen LogP contribution in [0.5, 0.6) is 0 Å². The minimum atomic E-state index is -0.184. The molecule has 0 spiro atoms. The first kappa shape index (κ1) is 13.9. The molecule has 4 fully saturated rings. The van der Waals surface area contributed by atoms with Crippen molar-refractivity contribution >= 4 is 7.12 Å². The Kier molecular flexibility index (Phi) is 3.27. The van der Waals surface area contributed by atoms with Crippen molar-refractivity contribution in [3.05, 3.63) is 0 Å². The van der Waals surface area contributed by atoms with Gasteiger partial charge in [-0.2, -0.15) is 0 Å². The van der Waals surface area contributed by atoms with Crippen molar-refractivity contribution in [3.8, 4) is 0 Å². The molecule has 4 aliphatic rings. The zero-order valence-electron chi connectivity index (χ0n) is 12.8. The van der Waals surface area contributed by atoms with Crippen LogP contribution < -0.4 is 5.73 Å². The van der Waals surface area contributed by atoms with Crippen molar-refractivity contribution in [2.75, 3.05) is 0 Å². The van der Waals surface area contributed by atoms with Crippen molar-refractivity contribution in [1.82, 2.24) is 0 Å². The Balaban J connectivity index is 1.70. The highest BCUT2D eigenvalue weighted by Crippen LogP contribution is 2.65. The third-order valence-corrected chi connectivity index (χ3v) is 6.21. The molecule has 3 nitrogen and oxygen atoms in total. The van der Waals surface area contributed by atoms with Crippen molar-refractivity contribution in [2.45, 2.75) is 77.4 Å². The van der Waals surface area contributed by atoms with Crippen LogP contribution in [0.1, 0.15) is 59.8 Å². The van der Waals surface area contributed by atoms with E-state index in [-0.39, 0.29) is 24.8 Å². The van der Waals surface area contributed by atoms with Gasteiger partial charge in [-0.25, -0.2) is 0 Å². The van der Waals surface area contributed by atoms with Crippen LogP contribution in [0.2, 0.25) is 0 Å². The summed E-state index contributed by atoms with van der Waals surface area (Å²) in [5.74, 6) is 1.47. The second kappa shape index (κ2) is 4.47. The van der Waals surface area contributed by atoms with Gasteiger partial charge in [-0.15, -0.1) is 0 Å². The van der Waals surface area contributed by atoms with Crippen molar-refractivity contribution in [1.29, 1.82) is 0 Å². The number of unbranched alkanes of at least 4 members (excludes halogenated alkanes) is 1. The lowest BCUT2D eigenvalue weighted by atomic mass is 9.43. The van der Waals surface area contributed by atoms with E-state index >= 15 is 0 Å². The fourth-order valence-electron chi connectivity index (χ4n) is 4.66. The molecule has 2 bridgehead atoms. The average Bonchev–Trinajstić information content (AvgIpc) is 2.72. The third kappa shape index (κ3) is 1.90. The van der Waals surface area contributed by atoms with Crippen LogP contribution in [-0.2, 0) is 9.31 Å². The van der Waals surface area contributed by atoms with Gasteiger partial charge >= 0.3 is 7.12 Å². The minimum absolute atomic E-state index is 0.0303. The van der Waals surface area contributed by atoms with Gasteiger partial charge in [-0.05, 0) is 43.4 Å². The van der Waals surface area contributed by atoms with E-state index in [1.807, 2.05) is 0 Å². The Labute approximate surface area is 117 Å². The first-order valence-corrected chi connectivity index (χ1v) is 7.98. The van der Waals surface area contributed by atoms with Crippen LogP contribution in [-0.4, -0.2) is 24.8 Å². The van der Waals surface area contributed by atoms with E-state index in [1.165, 1.54) is 12.8 Å². The smallest absolute Gasteiger partial charge is 0.404 e. The van der Waals surface area contributed by atoms with Crippen LogP contribution in [0.4, 0.5) is 0 Å². The lowest BCUT2D eigenvalue weighted by Crippen LogP contribution is -2.65. The number of hydrogen-bond acceptors (Lipinski definition) is 3. The number of nitrogens with two attached hydrogens (primary N) is 1. The Hall–Kier alpha value is -0.0551. The Bertz CT molecular complexity index is 362. The summed E-state index contributed by atoms with van der Waals surface area (Å²) in [6, 6.07) is 0. The normalized spacial score (nSPS) is 44.7. The van der Waals surface area contributed by atoms with Crippen molar-refractivity contribution < 1.29 is 9.31 Å². The molecule has 19 heavy (non-hydrogen) atoms. The van der Waals surface area contributed by atoms with E-state index in [4.69, 9.17) is 15.0 Å². The predicted molar refractivity (Wildman–Crippen MR) is 77.6 cm³/mol. The van der Waals surface area contributed by atoms with Gasteiger partial charge in [0.05, 0.1) is 11.7 Å². The van der Waals surface area contributed by atoms with E-state index in [9.17, 15) is 0 Å². The molecule has 5 atom stereocenters. The predicted octanol–water partition coefficient (Wildman–Crippen LogP) is 2.77. The molecule has 4 rings (SSSR count). The van der Waals surface area contributed by atoms with E-state index in [2.05, 4.69) is 27.7 Å². The number of rotatable bonds is 4. The molecule has 0 radical (unpaired) electrons. The maximum absolute atomic E-state index is 6.35. The molecule has 4 unspecified atom stereocenters. The van der Waals surface area contributed by atoms with E-state index in [0.717, 1.165) is 25.2 Å². The second-order valence-corrected chi connectivity index (χ2v) is 7.64. The molecular weight excluding hydrogens is 237 g/mol. The summed E-state index contributed by atoms with van der Waals surface area (Å²) in [5, 5.41) is 0. The van der Waals surface area contributed by atoms with Gasteiger partial charge in [0, 0.05) is 5.94 Å². The fraction of sp³-hybridized carbons (Fsp3) is 1.00. The summed E-state index contributed by atoms with van der Waals surface area (Å²) < 4.78 is 12.5. The van der Waals surface area contributed by atoms with Gasteiger partial charge < -0.3 is 15.0 Å². The van der Waals surface area contributed by atoms with Crippen LogP contribution >= 0.6 is 0 Å². The lowest BCUT2D eigenvalue weighted by molar-refractivity contribution is -0.199. The largest absolute Gasteiger partial charge is 0.475 e. The molecule has 1 aliphatic heterocycles. The summed E-state index contributed by atoms with van der Waals surface area (Å²) >= 11 is 0. The van der Waals surface area contributed by atoms with Gasteiger partial charge in [-0.1, -0.05) is 33.6 Å². The highest BCUT2D eigenvalue weighted by molar-refractivity contribution is 6.47. The molecule has 3 saturated carbocycles. The van der Waals surface area contributed by atoms with Crippen LogP contribution in [0.25, 0.3) is 0 Å². The summed E-state index contributed by atoms with van der Waals surface area (Å²) in [6.07, 6.45) is 6.06. The van der Waals surface area contributed by atoms with E-state index < -0.39 is 0 Å². The highest BCUT2D eigenvalue weighted by atomic mass is 16.7. The molecule has 108 valence electrons. The topological polar surface area (TPSA) is 44.5 Å². The van der Waals surface area contributed by atoms with Crippen LogP contribution in [0.3, 0.4) is 0 Å². The molecule has 0 aromatic heterocycles. The SMILES string of the molecule is CCCCC(N)B1OC2CC3CC(C3(C)C)[C@]2(C)O1. The molecule has 0 amide bonds. The van der Waals surface area contributed by atoms with Crippen molar-refractivity contribution in [2.24, 2.45) is 23.0 Å². The molecule has 4 heteroatoms. The van der Waals surface area contributed by atoms with Crippen molar-refractivity contribution in [3.63, 3.8) is 0 Å². The Morgan fingerprint density at radius 1 is 1.32 bits per heavy atom. The molecule has 3 aliphatic carbocycles. The van der Waals surface area contributed by atoms with E-state index in [1.54, 1.807) is 0 Å². The highest BCUT2D eigenvalue weighted by Gasteiger charge is 2.68. The quantitative estimate of drug-likeness (QED) is 0.795. The standard InChI is InChI=1S/C15H28BNO2/c1-5-6-7-13(17)16-18-12-9-10-8-11(14(10,2)3)15(12,4)19-16/h10-13H,5-9,17H2,1-4H3/t10?,11?,12?,13?,15-/m0/s1. The average molecular weight is 265 g/mol. The van der Waals surface area contributed by atoms with Crippen LogP contribution in [0, 0.1) is 17.3 Å². The second-order valence-electron chi connectivity index (χ2n) is 7.64. The summed E-state index contributed by atoms with van der Waals surface area (Å²) in [5.41, 5.74) is 6.56. The number of hydrogen-bond donors (Lipinski definition) is 1. The third-order valence-electron chi connectivity index (χ3n) is 6.21. The summed E-state index contributed by atoms with van der Waals surface area (Å²) in [4.78, 5) is 0. The summed E-state index contributed by atoms with van der Waals surface area (Å²) in [7, 11) is -0.184.